The van der Waals surface area contributed by atoms with Gasteiger partial charge in [-0.1, -0.05) is 30.3 Å². The lowest BCUT2D eigenvalue weighted by atomic mass is 9.99. The van der Waals surface area contributed by atoms with Crippen molar-refractivity contribution in [2.75, 3.05) is 0 Å². The molecule has 1 heterocycles. The van der Waals surface area contributed by atoms with Crippen molar-refractivity contribution in [3.05, 3.63) is 71.6 Å². The maximum absolute atomic E-state index is 9.97. The lowest BCUT2D eigenvalue weighted by molar-refractivity contribution is 0.0785. The summed E-state index contributed by atoms with van der Waals surface area (Å²) in [5, 5.41) is 9.97. The van der Waals surface area contributed by atoms with Gasteiger partial charge in [0.2, 0.25) is 5.89 Å². The van der Waals surface area contributed by atoms with Crippen LogP contribution in [-0.4, -0.2) is 10.1 Å². The van der Waals surface area contributed by atoms with E-state index in [1.54, 1.807) is 13.8 Å². The van der Waals surface area contributed by atoms with E-state index in [0.29, 0.717) is 12.5 Å². The number of aromatic nitrogens is 1. The molecule has 0 aliphatic heterocycles. The molecule has 0 fully saturated rings. The summed E-state index contributed by atoms with van der Waals surface area (Å²) in [5.41, 5.74) is 1.71. The van der Waals surface area contributed by atoms with Crippen LogP contribution in [0.15, 0.2) is 59.0 Å². The Morgan fingerprint density at radius 1 is 1.04 bits per heavy atom. The second-order valence-electron chi connectivity index (χ2n) is 6.26. The van der Waals surface area contributed by atoms with Gasteiger partial charge in [0.1, 0.15) is 23.8 Å². The van der Waals surface area contributed by atoms with E-state index in [4.69, 9.17) is 9.15 Å². The molecular weight excluding hydrogens is 302 g/mol. The van der Waals surface area contributed by atoms with Gasteiger partial charge in [-0.05, 0) is 50.6 Å². The number of benzene rings is 2. The average Bonchev–Trinajstić information content (AvgIpc) is 2.94. The van der Waals surface area contributed by atoms with Crippen LogP contribution in [0, 0.1) is 6.92 Å². The SMILES string of the molecule is Cc1oc(-c2ccccc2)nc1COc1ccc(C(C)(C)O)cc1. The van der Waals surface area contributed by atoms with E-state index < -0.39 is 5.60 Å². The van der Waals surface area contributed by atoms with Gasteiger partial charge in [-0.15, -0.1) is 0 Å². The molecule has 1 aromatic heterocycles. The number of nitrogens with zero attached hydrogens (tertiary/aromatic N) is 1. The third-order valence-electron chi connectivity index (χ3n) is 3.85. The van der Waals surface area contributed by atoms with E-state index in [9.17, 15) is 5.11 Å². The summed E-state index contributed by atoms with van der Waals surface area (Å²) in [6.07, 6.45) is 0. The van der Waals surface area contributed by atoms with E-state index in [-0.39, 0.29) is 0 Å². The van der Waals surface area contributed by atoms with Crippen molar-refractivity contribution in [1.82, 2.24) is 4.98 Å². The first-order valence-electron chi connectivity index (χ1n) is 7.91. The number of aliphatic hydroxyl groups is 1. The highest BCUT2D eigenvalue weighted by Crippen LogP contribution is 2.24. The summed E-state index contributed by atoms with van der Waals surface area (Å²) in [6.45, 7) is 5.74. The minimum absolute atomic E-state index is 0.337. The third kappa shape index (κ3) is 3.66. The van der Waals surface area contributed by atoms with E-state index >= 15 is 0 Å². The molecule has 0 unspecified atom stereocenters. The molecule has 3 rings (SSSR count). The lowest BCUT2D eigenvalue weighted by Gasteiger charge is -2.17. The molecule has 0 saturated carbocycles. The minimum atomic E-state index is -0.855. The Morgan fingerprint density at radius 3 is 2.33 bits per heavy atom. The Labute approximate surface area is 141 Å². The van der Waals surface area contributed by atoms with Gasteiger partial charge in [-0.2, -0.15) is 0 Å². The zero-order valence-electron chi connectivity index (χ0n) is 14.1. The van der Waals surface area contributed by atoms with E-state index in [2.05, 4.69) is 4.98 Å². The molecule has 0 saturated heterocycles. The maximum atomic E-state index is 9.97. The Bertz CT molecular complexity index is 799. The minimum Gasteiger partial charge on any atom is -0.487 e. The van der Waals surface area contributed by atoms with Crippen LogP contribution in [0.1, 0.15) is 30.9 Å². The highest BCUT2D eigenvalue weighted by atomic mass is 16.5. The van der Waals surface area contributed by atoms with Gasteiger partial charge in [0.25, 0.3) is 0 Å². The normalized spacial score (nSPS) is 11.5. The number of oxazole rings is 1. The molecule has 124 valence electrons. The van der Waals surface area contributed by atoms with Crippen LogP contribution < -0.4 is 4.74 Å². The van der Waals surface area contributed by atoms with Crippen LogP contribution in [0.25, 0.3) is 11.5 Å². The van der Waals surface area contributed by atoms with E-state index in [1.807, 2.05) is 61.5 Å². The molecule has 0 radical (unpaired) electrons. The van der Waals surface area contributed by atoms with Crippen molar-refractivity contribution < 1.29 is 14.3 Å². The summed E-state index contributed by atoms with van der Waals surface area (Å²) in [4.78, 5) is 4.52. The number of ether oxygens (including phenoxy) is 1. The highest BCUT2D eigenvalue weighted by Gasteiger charge is 2.16. The smallest absolute Gasteiger partial charge is 0.226 e. The van der Waals surface area contributed by atoms with E-state index in [1.165, 1.54) is 0 Å². The molecular formula is C20H21NO3. The second kappa shape index (κ2) is 6.49. The van der Waals surface area contributed by atoms with Crippen molar-refractivity contribution in [3.8, 4) is 17.2 Å². The predicted octanol–water partition coefficient (Wildman–Crippen LogP) is 4.46. The molecule has 0 bridgehead atoms. The number of rotatable bonds is 5. The second-order valence-corrected chi connectivity index (χ2v) is 6.26. The Kier molecular flexibility index (Phi) is 4.40. The highest BCUT2D eigenvalue weighted by molar-refractivity contribution is 5.53. The topological polar surface area (TPSA) is 55.5 Å². The molecule has 0 amide bonds. The summed E-state index contributed by atoms with van der Waals surface area (Å²) < 4.78 is 11.5. The third-order valence-corrected chi connectivity index (χ3v) is 3.85. The van der Waals surface area contributed by atoms with Crippen LogP contribution >= 0.6 is 0 Å². The zero-order chi connectivity index (χ0) is 17.2. The van der Waals surface area contributed by atoms with Crippen LogP contribution in [0.2, 0.25) is 0 Å². The van der Waals surface area contributed by atoms with Crippen LogP contribution in [0.5, 0.6) is 5.75 Å². The monoisotopic (exact) mass is 323 g/mol. The van der Waals surface area contributed by atoms with Crippen LogP contribution in [-0.2, 0) is 12.2 Å². The Morgan fingerprint density at radius 2 is 1.71 bits per heavy atom. The standard InChI is InChI=1S/C20H21NO3/c1-14-18(21-19(24-14)15-7-5-4-6-8-15)13-23-17-11-9-16(10-12-17)20(2,3)22/h4-12,22H,13H2,1-3H3. The fraction of sp³-hybridized carbons (Fsp3) is 0.250. The van der Waals surface area contributed by atoms with Crippen molar-refractivity contribution >= 4 is 0 Å². The van der Waals surface area contributed by atoms with Crippen molar-refractivity contribution in [2.45, 2.75) is 33.0 Å². The molecule has 2 aromatic carbocycles. The molecule has 4 heteroatoms. The number of aryl methyl sites for hydroxylation is 1. The fourth-order valence-corrected chi connectivity index (χ4v) is 2.38. The molecule has 3 aromatic rings. The summed E-state index contributed by atoms with van der Waals surface area (Å²) in [7, 11) is 0. The van der Waals surface area contributed by atoms with Gasteiger partial charge in [0.15, 0.2) is 0 Å². The van der Waals surface area contributed by atoms with Crippen molar-refractivity contribution in [1.29, 1.82) is 0 Å². The zero-order valence-corrected chi connectivity index (χ0v) is 14.1. The van der Waals surface area contributed by atoms with Gasteiger partial charge in [-0.25, -0.2) is 4.98 Å². The van der Waals surface area contributed by atoms with Crippen LogP contribution in [0.4, 0.5) is 0 Å². The molecule has 1 N–H and O–H groups in total. The van der Waals surface area contributed by atoms with E-state index in [0.717, 1.165) is 28.3 Å². The molecule has 4 nitrogen and oxygen atoms in total. The van der Waals surface area contributed by atoms with Gasteiger partial charge in [0.05, 0.1) is 5.60 Å². The molecule has 0 aliphatic carbocycles. The molecule has 0 spiro atoms. The number of hydrogen-bond donors (Lipinski definition) is 1. The van der Waals surface area contributed by atoms with Gasteiger partial charge in [0, 0.05) is 5.56 Å². The summed E-state index contributed by atoms with van der Waals surface area (Å²) in [6, 6.07) is 17.2. The largest absolute Gasteiger partial charge is 0.487 e. The first-order valence-corrected chi connectivity index (χ1v) is 7.91. The Balaban J connectivity index is 1.70. The van der Waals surface area contributed by atoms with Crippen molar-refractivity contribution in [2.24, 2.45) is 0 Å². The first kappa shape index (κ1) is 16.3. The van der Waals surface area contributed by atoms with Gasteiger partial charge < -0.3 is 14.3 Å². The average molecular weight is 323 g/mol. The van der Waals surface area contributed by atoms with Gasteiger partial charge in [-0.3, -0.25) is 0 Å². The lowest BCUT2D eigenvalue weighted by Crippen LogP contribution is -2.14. The number of hydrogen-bond acceptors (Lipinski definition) is 4. The predicted molar refractivity (Wildman–Crippen MR) is 92.7 cm³/mol. The quantitative estimate of drug-likeness (QED) is 0.753. The molecule has 24 heavy (non-hydrogen) atoms. The maximum Gasteiger partial charge on any atom is 0.226 e. The summed E-state index contributed by atoms with van der Waals surface area (Å²) >= 11 is 0. The van der Waals surface area contributed by atoms with Crippen molar-refractivity contribution in [3.63, 3.8) is 0 Å². The fourth-order valence-electron chi connectivity index (χ4n) is 2.38. The molecule has 0 aliphatic rings. The summed E-state index contributed by atoms with van der Waals surface area (Å²) in [5.74, 6) is 2.08. The van der Waals surface area contributed by atoms with Crippen LogP contribution in [0.3, 0.4) is 0 Å². The first-order chi connectivity index (χ1) is 11.4. The Hall–Kier alpha value is -2.59. The van der Waals surface area contributed by atoms with Gasteiger partial charge >= 0.3 is 0 Å². The molecule has 0 atom stereocenters.